The Balaban J connectivity index is 1.75. The lowest BCUT2D eigenvalue weighted by atomic mass is 10.1. The summed E-state index contributed by atoms with van der Waals surface area (Å²) in [6.45, 7) is -0.213. The van der Waals surface area contributed by atoms with Gasteiger partial charge in [-0.3, -0.25) is 0 Å². The van der Waals surface area contributed by atoms with Crippen molar-refractivity contribution in [2.45, 2.75) is 24.7 Å². The van der Waals surface area contributed by atoms with E-state index in [1.165, 1.54) is 11.3 Å². The van der Waals surface area contributed by atoms with Crippen molar-refractivity contribution in [3.05, 3.63) is 24.3 Å². The van der Waals surface area contributed by atoms with Gasteiger partial charge in [-0.15, -0.1) is 11.3 Å². The highest BCUT2D eigenvalue weighted by molar-refractivity contribution is 7.21. The zero-order chi connectivity index (χ0) is 19.1. The van der Waals surface area contributed by atoms with Gasteiger partial charge in [0.1, 0.15) is 22.7 Å². The van der Waals surface area contributed by atoms with Gasteiger partial charge >= 0.3 is 0 Å². The van der Waals surface area contributed by atoms with Gasteiger partial charge < -0.3 is 32.1 Å². The number of nitrogens with two attached hydrogens (primary N) is 2. The molecule has 2 aromatic heterocycles. The summed E-state index contributed by atoms with van der Waals surface area (Å²) >= 11 is 1.45. The van der Waals surface area contributed by atoms with Crippen LogP contribution in [-0.4, -0.2) is 55.1 Å². The summed E-state index contributed by atoms with van der Waals surface area (Å²) in [5.41, 5.74) is 13.2. The van der Waals surface area contributed by atoms with Gasteiger partial charge in [-0.25, -0.2) is 4.98 Å². The van der Waals surface area contributed by atoms with Crippen molar-refractivity contribution < 1.29 is 15.3 Å². The molecule has 1 aromatic carbocycles. The van der Waals surface area contributed by atoms with Crippen molar-refractivity contribution in [2.24, 2.45) is 5.92 Å². The number of hydrogen-bond donors (Lipinski definition) is 6. The van der Waals surface area contributed by atoms with E-state index in [1.54, 1.807) is 0 Å². The third-order valence-corrected chi connectivity index (χ3v) is 5.87. The molecule has 0 saturated heterocycles. The fourth-order valence-corrected chi connectivity index (χ4v) is 4.44. The van der Waals surface area contributed by atoms with Crippen LogP contribution in [0.4, 0.5) is 17.6 Å². The third-order valence-electron chi connectivity index (χ3n) is 4.82. The number of nitrogen functional groups attached to an aromatic ring is 2. The Morgan fingerprint density at radius 3 is 2.59 bits per heavy atom. The van der Waals surface area contributed by atoms with E-state index >= 15 is 0 Å². The van der Waals surface area contributed by atoms with E-state index in [9.17, 15) is 15.3 Å². The minimum Gasteiger partial charge on any atom is -0.396 e. The van der Waals surface area contributed by atoms with Gasteiger partial charge in [-0.05, 0) is 18.6 Å². The Morgan fingerprint density at radius 2 is 1.89 bits per heavy atom. The van der Waals surface area contributed by atoms with E-state index in [0.717, 1.165) is 10.2 Å². The van der Waals surface area contributed by atoms with Crippen LogP contribution < -0.4 is 16.8 Å². The summed E-state index contributed by atoms with van der Waals surface area (Å²) in [7, 11) is 0. The summed E-state index contributed by atoms with van der Waals surface area (Å²) in [4.78, 5) is 12.9. The number of hydrogen-bond acceptors (Lipinski definition) is 10. The van der Waals surface area contributed by atoms with Gasteiger partial charge in [-0.1, -0.05) is 12.1 Å². The first kappa shape index (κ1) is 17.9. The number of aliphatic hydroxyl groups is 3. The molecule has 0 amide bonds. The second-order valence-electron chi connectivity index (χ2n) is 6.59. The number of aliphatic hydroxyl groups excluding tert-OH is 3. The number of anilines is 3. The second-order valence-corrected chi connectivity index (χ2v) is 7.62. The Hall–Kier alpha value is -2.53. The van der Waals surface area contributed by atoms with Crippen LogP contribution in [0.1, 0.15) is 6.42 Å². The van der Waals surface area contributed by atoms with Crippen molar-refractivity contribution in [1.29, 1.82) is 0 Å². The molecule has 0 radical (unpaired) electrons. The van der Waals surface area contributed by atoms with Crippen molar-refractivity contribution in [3.8, 4) is 10.6 Å². The van der Waals surface area contributed by atoms with Gasteiger partial charge in [0.15, 0.2) is 0 Å². The first-order valence-electron chi connectivity index (χ1n) is 8.50. The Morgan fingerprint density at radius 1 is 1.11 bits per heavy atom. The Bertz CT molecular complexity index is 947. The molecule has 4 rings (SSSR count). The van der Waals surface area contributed by atoms with Crippen molar-refractivity contribution >= 4 is 39.1 Å². The van der Waals surface area contributed by atoms with Crippen LogP contribution in [0.15, 0.2) is 24.3 Å². The maximum Gasteiger partial charge on any atom is 0.223 e. The van der Waals surface area contributed by atoms with Gasteiger partial charge in [-0.2, -0.15) is 9.97 Å². The number of para-hydroxylation sites is 1. The number of aromatic nitrogens is 3. The monoisotopic (exact) mass is 388 g/mol. The van der Waals surface area contributed by atoms with Gasteiger partial charge in [0.2, 0.25) is 5.95 Å². The fourth-order valence-electron chi connectivity index (χ4n) is 3.41. The van der Waals surface area contributed by atoms with E-state index in [1.807, 2.05) is 24.3 Å². The van der Waals surface area contributed by atoms with E-state index in [2.05, 4.69) is 20.3 Å². The highest BCUT2D eigenvalue weighted by atomic mass is 32.1. The quantitative estimate of drug-likeness (QED) is 0.372. The number of nitrogens with zero attached hydrogens (tertiary/aromatic N) is 3. The molecule has 0 aliphatic heterocycles. The minimum atomic E-state index is -1.05. The van der Waals surface area contributed by atoms with Crippen LogP contribution >= 0.6 is 11.3 Å². The second kappa shape index (κ2) is 6.89. The molecular weight excluding hydrogens is 368 g/mol. The lowest BCUT2D eigenvalue weighted by Gasteiger charge is -2.20. The van der Waals surface area contributed by atoms with Gasteiger partial charge in [0, 0.05) is 12.5 Å². The average molecular weight is 388 g/mol. The lowest BCUT2D eigenvalue weighted by Crippen LogP contribution is -2.35. The van der Waals surface area contributed by atoms with Crippen LogP contribution in [0, 0.1) is 5.92 Å². The minimum absolute atomic E-state index is 0.00777. The molecule has 0 bridgehead atoms. The standard InChI is InChI=1S/C17H20N6O3S/c18-14-11(16-21-8-3-1-2-4-10(8)27-16)15(23-17(19)22-14)20-9-5-7(6-24)12(25)13(9)26/h1-4,7,9,12-13,24-26H,5-6H2,(H5,18,19,20,22,23)/t7-,9-,12-,13+/m1/s1. The van der Waals surface area contributed by atoms with Crippen molar-refractivity contribution in [1.82, 2.24) is 15.0 Å². The molecule has 3 aromatic rings. The summed E-state index contributed by atoms with van der Waals surface area (Å²) in [6, 6.07) is 7.18. The highest BCUT2D eigenvalue weighted by Crippen LogP contribution is 2.38. The zero-order valence-corrected chi connectivity index (χ0v) is 15.1. The van der Waals surface area contributed by atoms with Gasteiger partial charge in [0.25, 0.3) is 0 Å². The topological polar surface area (TPSA) is 163 Å². The first-order valence-corrected chi connectivity index (χ1v) is 9.32. The molecule has 1 saturated carbocycles. The molecule has 0 unspecified atom stereocenters. The normalized spacial score (nSPS) is 25.1. The molecule has 27 heavy (non-hydrogen) atoms. The fraction of sp³-hybridized carbons (Fsp3) is 0.353. The molecule has 0 spiro atoms. The molecule has 1 fully saturated rings. The number of benzene rings is 1. The molecule has 4 atom stereocenters. The lowest BCUT2D eigenvalue weighted by molar-refractivity contribution is 0.00446. The number of thiazole rings is 1. The van der Waals surface area contributed by atoms with E-state index in [0.29, 0.717) is 22.8 Å². The number of rotatable bonds is 4. The summed E-state index contributed by atoms with van der Waals surface area (Å²) in [5, 5.41) is 33.5. The number of fused-ring (bicyclic) bond motifs is 1. The third kappa shape index (κ3) is 3.16. The Kier molecular flexibility index (Phi) is 4.56. The molecule has 8 N–H and O–H groups in total. The average Bonchev–Trinajstić information content (AvgIpc) is 3.17. The van der Waals surface area contributed by atoms with Gasteiger partial charge in [0.05, 0.1) is 27.9 Å². The predicted octanol–water partition coefficient (Wildman–Crippen LogP) is 0.432. The molecule has 10 heteroatoms. The maximum absolute atomic E-state index is 10.3. The molecule has 142 valence electrons. The van der Waals surface area contributed by atoms with E-state index in [4.69, 9.17) is 11.5 Å². The molecule has 2 heterocycles. The highest BCUT2D eigenvalue weighted by Gasteiger charge is 2.41. The number of nitrogens with one attached hydrogen (secondary N) is 1. The summed E-state index contributed by atoms with van der Waals surface area (Å²) in [6.07, 6.45) is -1.69. The van der Waals surface area contributed by atoms with Crippen LogP contribution in [0.25, 0.3) is 20.8 Å². The molecule has 1 aliphatic carbocycles. The Labute approximate surface area is 158 Å². The SMILES string of the molecule is Nc1nc(N)c(-c2nc3ccccc3s2)c(N[C@@H]2C[C@H](CO)[C@@H](O)[C@H]2O)n1. The van der Waals surface area contributed by atoms with Crippen molar-refractivity contribution in [3.63, 3.8) is 0 Å². The van der Waals surface area contributed by atoms with Crippen LogP contribution in [0.3, 0.4) is 0 Å². The molecule has 1 aliphatic rings. The largest absolute Gasteiger partial charge is 0.396 e. The van der Waals surface area contributed by atoms with Crippen LogP contribution in [-0.2, 0) is 0 Å². The maximum atomic E-state index is 10.3. The smallest absolute Gasteiger partial charge is 0.223 e. The van der Waals surface area contributed by atoms with E-state index in [-0.39, 0.29) is 18.4 Å². The molecule has 9 nitrogen and oxygen atoms in total. The van der Waals surface area contributed by atoms with Crippen LogP contribution in [0.5, 0.6) is 0 Å². The van der Waals surface area contributed by atoms with Crippen molar-refractivity contribution in [2.75, 3.05) is 23.4 Å². The summed E-state index contributed by atoms with van der Waals surface area (Å²) in [5.74, 6) is 0.0937. The predicted molar refractivity (Wildman–Crippen MR) is 104 cm³/mol. The first-order chi connectivity index (χ1) is 13.0. The van der Waals surface area contributed by atoms with Crippen LogP contribution in [0.2, 0.25) is 0 Å². The van der Waals surface area contributed by atoms with E-state index < -0.39 is 24.2 Å². The zero-order valence-electron chi connectivity index (χ0n) is 14.3. The molecular formula is C17H20N6O3S. The summed E-state index contributed by atoms with van der Waals surface area (Å²) < 4.78 is 0.992.